The molecule has 1 saturated heterocycles. The molecule has 0 aliphatic carbocycles. The summed E-state index contributed by atoms with van der Waals surface area (Å²) in [7, 11) is 0. The van der Waals surface area contributed by atoms with E-state index in [2.05, 4.69) is 52.9 Å². The summed E-state index contributed by atoms with van der Waals surface area (Å²) < 4.78 is 0. The first kappa shape index (κ1) is 20.8. The van der Waals surface area contributed by atoms with Crippen molar-refractivity contribution in [1.29, 1.82) is 0 Å². The number of piperidine rings is 1. The molecule has 1 fully saturated rings. The number of imidazole rings is 1. The summed E-state index contributed by atoms with van der Waals surface area (Å²) >= 11 is 6.48. The van der Waals surface area contributed by atoms with Crippen LogP contribution in [-0.4, -0.2) is 49.9 Å². The van der Waals surface area contributed by atoms with Crippen LogP contribution in [0.2, 0.25) is 5.15 Å². The van der Waals surface area contributed by atoms with Gasteiger partial charge in [-0.1, -0.05) is 11.6 Å². The second-order valence-electron chi connectivity index (χ2n) is 9.55. The smallest absolute Gasteiger partial charge is 0.223 e. The molecule has 4 rings (SSSR count). The van der Waals surface area contributed by atoms with Crippen molar-refractivity contribution in [2.75, 3.05) is 17.2 Å². The highest BCUT2D eigenvalue weighted by atomic mass is 35.5. The Morgan fingerprint density at radius 2 is 1.97 bits per heavy atom. The first-order chi connectivity index (χ1) is 14.1. The summed E-state index contributed by atoms with van der Waals surface area (Å²) in [6.07, 6.45) is 8.13. The number of aromatic nitrogens is 4. The molecule has 0 aromatic carbocycles. The van der Waals surface area contributed by atoms with Gasteiger partial charge in [0.1, 0.15) is 29.1 Å². The van der Waals surface area contributed by atoms with Crippen LogP contribution in [0, 0.1) is 5.92 Å². The molecule has 0 radical (unpaired) electrons. The van der Waals surface area contributed by atoms with Crippen molar-refractivity contribution in [2.24, 2.45) is 5.92 Å². The Morgan fingerprint density at radius 3 is 2.57 bits per heavy atom. The Hall–Kier alpha value is -2.45. The minimum Gasteiger partial charge on any atom is -0.368 e. The summed E-state index contributed by atoms with van der Waals surface area (Å²) in [5, 5.41) is 3.96. The van der Waals surface area contributed by atoms with Gasteiger partial charge in [0.05, 0.1) is 5.56 Å². The van der Waals surface area contributed by atoms with Gasteiger partial charge >= 0.3 is 0 Å². The van der Waals surface area contributed by atoms with E-state index in [1.54, 1.807) is 12.4 Å². The number of nitrogens with zero attached hydrogens (tertiary/aromatic N) is 4. The van der Waals surface area contributed by atoms with Crippen molar-refractivity contribution in [2.45, 2.75) is 57.7 Å². The topological polar surface area (TPSA) is 113 Å². The summed E-state index contributed by atoms with van der Waals surface area (Å²) in [6, 6.07) is -0.528. The third kappa shape index (κ3) is 3.94. The number of nitrogens with two attached hydrogens (primary N) is 1. The lowest BCUT2D eigenvalue weighted by atomic mass is 9.75. The van der Waals surface area contributed by atoms with E-state index in [0.717, 1.165) is 24.7 Å². The molecule has 2 aliphatic heterocycles. The highest BCUT2D eigenvalue weighted by molar-refractivity contribution is 6.32. The van der Waals surface area contributed by atoms with E-state index in [1.165, 1.54) is 0 Å². The zero-order valence-electron chi connectivity index (χ0n) is 17.7. The molecule has 1 atom stereocenters. The SMILES string of the molecule is CC1(C)CC(CN2c3nc(N)nc(Cl)c3/C(=C/c3ncc[nH]3)C2C=O)CC(C)(C)N1. The summed E-state index contributed by atoms with van der Waals surface area (Å²) in [6.45, 7) is 9.54. The number of rotatable bonds is 4. The lowest BCUT2D eigenvalue weighted by Crippen LogP contribution is -2.59. The Bertz CT molecular complexity index is 967. The number of anilines is 2. The fourth-order valence-corrected chi connectivity index (χ4v) is 5.57. The van der Waals surface area contributed by atoms with Crippen LogP contribution in [0.3, 0.4) is 0 Å². The molecule has 2 aromatic heterocycles. The van der Waals surface area contributed by atoms with Crippen LogP contribution >= 0.6 is 11.6 Å². The Labute approximate surface area is 181 Å². The fraction of sp³-hybridized carbons (Fsp3) is 0.524. The summed E-state index contributed by atoms with van der Waals surface area (Å²) in [5.41, 5.74) is 7.29. The largest absolute Gasteiger partial charge is 0.368 e. The fourth-order valence-electron chi connectivity index (χ4n) is 5.29. The molecule has 2 aromatic rings. The van der Waals surface area contributed by atoms with Gasteiger partial charge in [0, 0.05) is 30.0 Å². The molecule has 2 aliphatic rings. The first-order valence-corrected chi connectivity index (χ1v) is 10.5. The van der Waals surface area contributed by atoms with Gasteiger partial charge in [0.2, 0.25) is 5.95 Å². The highest BCUT2D eigenvalue weighted by Crippen LogP contribution is 2.44. The predicted molar refractivity (Wildman–Crippen MR) is 119 cm³/mol. The van der Waals surface area contributed by atoms with Crippen LogP contribution in [-0.2, 0) is 4.79 Å². The lowest BCUT2D eigenvalue weighted by Gasteiger charge is -2.47. The predicted octanol–water partition coefficient (Wildman–Crippen LogP) is 2.92. The molecule has 30 heavy (non-hydrogen) atoms. The maximum absolute atomic E-state index is 12.3. The Kier molecular flexibility index (Phi) is 5.10. The number of hydrogen-bond acceptors (Lipinski definition) is 7. The summed E-state index contributed by atoms with van der Waals surface area (Å²) in [5.74, 6) is 1.71. The van der Waals surface area contributed by atoms with Gasteiger partial charge in [-0.15, -0.1) is 0 Å². The number of fused-ring (bicyclic) bond motifs is 1. The summed E-state index contributed by atoms with van der Waals surface area (Å²) in [4.78, 5) is 30.2. The van der Waals surface area contributed by atoms with Crippen molar-refractivity contribution in [3.05, 3.63) is 28.9 Å². The monoisotopic (exact) mass is 429 g/mol. The molecule has 4 heterocycles. The van der Waals surface area contributed by atoms with Gasteiger partial charge in [0.25, 0.3) is 0 Å². The zero-order chi connectivity index (χ0) is 21.7. The standard InChI is InChI=1S/C21H28ClN7O/c1-20(2)8-12(9-21(3,4)28-20)10-29-14(11-30)13(7-15-24-5-6-25-15)16-17(22)26-19(23)27-18(16)29/h5-7,11-12,14,28H,8-10H2,1-4H3,(H,24,25)(H2,23,26,27)/b13-7+. The van der Waals surface area contributed by atoms with E-state index in [0.29, 0.717) is 29.7 Å². The molecule has 160 valence electrons. The molecule has 9 heteroatoms. The van der Waals surface area contributed by atoms with Gasteiger partial charge in [-0.3, -0.25) is 0 Å². The second kappa shape index (κ2) is 7.35. The number of nitrogens with one attached hydrogen (secondary N) is 2. The number of carbonyl (C=O) groups is 1. The third-order valence-corrected chi connectivity index (χ3v) is 6.02. The Balaban J connectivity index is 1.76. The van der Waals surface area contributed by atoms with Crippen LogP contribution < -0.4 is 16.0 Å². The number of carbonyl (C=O) groups excluding carboxylic acids is 1. The van der Waals surface area contributed by atoms with Gasteiger partial charge in [0.15, 0.2) is 0 Å². The van der Waals surface area contributed by atoms with Crippen molar-refractivity contribution in [3.63, 3.8) is 0 Å². The zero-order valence-corrected chi connectivity index (χ0v) is 18.5. The molecule has 4 N–H and O–H groups in total. The number of H-pyrrole nitrogens is 1. The molecule has 8 nitrogen and oxygen atoms in total. The minimum atomic E-state index is -0.528. The first-order valence-electron chi connectivity index (χ1n) is 10.1. The van der Waals surface area contributed by atoms with Crippen LogP contribution in [0.4, 0.5) is 11.8 Å². The second-order valence-corrected chi connectivity index (χ2v) is 9.90. The molecule has 1 unspecified atom stereocenters. The van der Waals surface area contributed by atoms with Crippen LogP contribution in [0.5, 0.6) is 0 Å². The maximum Gasteiger partial charge on any atom is 0.223 e. The highest BCUT2D eigenvalue weighted by Gasteiger charge is 2.43. The van der Waals surface area contributed by atoms with E-state index < -0.39 is 6.04 Å². The van der Waals surface area contributed by atoms with E-state index in [1.807, 2.05) is 11.0 Å². The van der Waals surface area contributed by atoms with E-state index in [4.69, 9.17) is 17.3 Å². The molecular weight excluding hydrogens is 402 g/mol. The molecule has 0 amide bonds. The van der Waals surface area contributed by atoms with Crippen LogP contribution in [0.25, 0.3) is 11.6 Å². The molecule has 0 bridgehead atoms. The Morgan fingerprint density at radius 1 is 1.27 bits per heavy atom. The van der Waals surface area contributed by atoms with E-state index in [9.17, 15) is 4.79 Å². The molecule has 0 saturated carbocycles. The molecular formula is C21H28ClN7O. The van der Waals surface area contributed by atoms with E-state index >= 15 is 0 Å². The number of aromatic amines is 1. The van der Waals surface area contributed by atoms with Crippen molar-refractivity contribution >= 4 is 41.3 Å². The van der Waals surface area contributed by atoms with Gasteiger partial charge in [-0.2, -0.15) is 4.98 Å². The van der Waals surface area contributed by atoms with Crippen molar-refractivity contribution < 1.29 is 4.79 Å². The number of hydrogen-bond donors (Lipinski definition) is 3. The van der Waals surface area contributed by atoms with Gasteiger partial charge < -0.3 is 25.7 Å². The van der Waals surface area contributed by atoms with Gasteiger partial charge in [-0.25, -0.2) is 9.97 Å². The van der Waals surface area contributed by atoms with Gasteiger partial charge in [-0.05, 0) is 58.1 Å². The number of nitrogen functional groups attached to an aromatic ring is 1. The van der Waals surface area contributed by atoms with E-state index in [-0.39, 0.29) is 22.2 Å². The van der Waals surface area contributed by atoms with Crippen LogP contribution in [0.1, 0.15) is 51.9 Å². The lowest BCUT2D eigenvalue weighted by molar-refractivity contribution is -0.107. The average molecular weight is 430 g/mol. The quantitative estimate of drug-likeness (QED) is 0.505. The third-order valence-electron chi connectivity index (χ3n) is 5.75. The van der Waals surface area contributed by atoms with Crippen LogP contribution in [0.15, 0.2) is 12.4 Å². The normalized spacial score (nSPS) is 24.2. The number of aldehydes is 1. The number of halogens is 1. The molecule has 0 spiro atoms. The average Bonchev–Trinajstić information content (AvgIpc) is 3.19. The van der Waals surface area contributed by atoms with Crippen molar-refractivity contribution in [1.82, 2.24) is 25.3 Å². The maximum atomic E-state index is 12.3. The van der Waals surface area contributed by atoms with Crippen molar-refractivity contribution in [3.8, 4) is 0 Å². The minimum absolute atomic E-state index is 0.000823.